The normalized spacial score (nSPS) is 14.7. The van der Waals surface area contributed by atoms with Crippen molar-refractivity contribution in [2.75, 3.05) is 31.1 Å². The molecule has 7 heteroatoms. The number of rotatable bonds is 3. The van der Waals surface area contributed by atoms with Gasteiger partial charge in [0, 0.05) is 48.5 Å². The monoisotopic (exact) mass is 399 g/mol. The summed E-state index contributed by atoms with van der Waals surface area (Å²) < 4.78 is 16.5. The van der Waals surface area contributed by atoms with Crippen LogP contribution in [-0.4, -0.2) is 41.6 Å². The quantitative estimate of drug-likeness (QED) is 0.677. The molecule has 0 saturated carbocycles. The van der Waals surface area contributed by atoms with Crippen molar-refractivity contribution >= 4 is 33.0 Å². The molecule has 1 aliphatic heterocycles. The van der Waals surface area contributed by atoms with E-state index in [1.54, 1.807) is 27.8 Å². The molecule has 0 radical (unpaired) electrons. The fraction of sp³-hybridized carbons (Fsp3) is 0.333. The first-order valence-electron chi connectivity index (χ1n) is 9.42. The lowest BCUT2D eigenvalue weighted by atomic mass is 10.1. The highest BCUT2D eigenvalue weighted by Gasteiger charge is 2.28. The van der Waals surface area contributed by atoms with Crippen LogP contribution in [0, 0.1) is 12.7 Å². The molecule has 3 heterocycles. The lowest BCUT2D eigenvalue weighted by Gasteiger charge is -2.36. The van der Waals surface area contributed by atoms with Crippen LogP contribution >= 0.6 is 11.3 Å². The van der Waals surface area contributed by atoms with E-state index in [1.807, 2.05) is 30.9 Å². The zero-order valence-corrected chi connectivity index (χ0v) is 16.8. The smallest absolute Gasteiger partial charge is 0.260 e. The van der Waals surface area contributed by atoms with E-state index in [1.165, 1.54) is 17.4 Å². The molecule has 0 atom stereocenters. The van der Waals surface area contributed by atoms with Gasteiger partial charge >= 0.3 is 0 Å². The molecule has 1 amide bonds. The Balaban J connectivity index is 1.60. The standard InChI is InChI=1S/C21H22FN3O2S/c1-3-23-9-8-17-19(21(23)27)18(14(2)28-17)20(26)25-12-10-24(11-13-25)16-7-5-4-6-15(16)22/h4-9H,3,10-13H2,1-2H3. The van der Waals surface area contributed by atoms with Crippen LogP contribution in [0.5, 0.6) is 0 Å². The highest BCUT2D eigenvalue weighted by molar-refractivity contribution is 7.19. The fourth-order valence-electron chi connectivity index (χ4n) is 3.79. The van der Waals surface area contributed by atoms with Gasteiger partial charge in [-0.05, 0) is 32.0 Å². The molecule has 146 valence electrons. The van der Waals surface area contributed by atoms with Gasteiger partial charge in [-0.2, -0.15) is 0 Å². The van der Waals surface area contributed by atoms with Crippen molar-refractivity contribution in [3.05, 3.63) is 63.1 Å². The summed E-state index contributed by atoms with van der Waals surface area (Å²) >= 11 is 1.48. The molecule has 0 aliphatic carbocycles. The zero-order chi connectivity index (χ0) is 19.8. The molecular formula is C21H22FN3O2S. The van der Waals surface area contributed by atoms with Crippen molar-refractivity contribution < 1.29 is 9.18 Å². The number of fused-ring (bicyclic) bond motifs is 1. The molecule has 5 nitrogen and oxygen atoms in total. The second-order valence-electron chi connectivity index (χ2n) is 6.91. The molecule has 3 aromatic rings. The summed E-state index contributed by atoms with van der Waals surface area (Å²) in [5, 5.41) is 0.522. The van der Waals surface area contributed by atoms with E-state index in [0.29, 0.717) is 49.4 Å². The number of benzene rings is 1. The molecular weight excluding hydrogens is 377 g/mol. The maximum absolute atomic E-state index is 14.0. The second-order valence-corrected chi connectivity index (χ2v) is 8.17. The van der Waals surface area contributed by atoms with Crippen LogP contribution in [0.2, 0.25) is 0 Å². The van der Waals surface area contributed by atoms with Gasteiger partial charge in [-0.25, -0.2) is 4.39 Å². The third kappa shape index (κ3) is 3.09. The summed E-state index contributed by atoms with van der Waals surface area (Å²) in [4.78, 5) is 30.6. The maximum atomic E-state index is 14.0. The summed E-state index contributed by atoms with van der Waals surface area (Å²) in [5.41, 5.74) is 0.974. The van der Waals surface area contributed by atoms with Gasteiger partial charge in [0.2, 0.25) is 0 Å². The molecule has 1 fully saturated rings. The third-order valence-corrected chi connectivity index (χ3v) is 6.38. The molecule has 1 aliphatic rings. The summed E-state index contributed by atoms with van der Waals surface area (Å²) in [5.74, 6) is -0.357. The highest BCUT2D eigenvalue weighted by Crippen LogP contribution is 2.30. The van der Waals surface area contributed by atoms with E-state index in [9.17, 15) is 14.0 Å². The van der Waals surface area contributed by atoms with E-state index in [-0.39, 0.29) is 17.3 Å². The van der Waals surface area contributed by atoms with Crippen molar-refractivity contribution in [1.29, 1.82) is 0 Å². The van der Waals surface area contributed by atoms with Crippen molar-refractivity contribution in [2.24, 2.45) is 0 Å². The average molecular weight is 399 g/mol. The van der Waals surface area contributed by atoms with Gasteiger partial charge in [0.25, 0.3) is 11.5 Å². The number of aryl methyl sites for hydroxylation is 2. The molecule has 1 saturated heterocycles. The van der Waals surface area contributed by atoms with Crippen molar-refractivity contribution in [2.45, 2.75) is 20.4 Å². The van der Waals surface area contributed by atoms with E-state index in [4.69, 9.17) is 0 Å². The number of anilines is 1. The second kappa shape index (κ2) is 7.39. The zero-order valence-electron chi connectivity index (χ0n) is 15.9. The van der Waals surface area contributed by atoms with Gasteiger partial charge in [-0.15, -0.1) is 11.3 Å². The van der Waals surface area contributed by atoms with E-state index in [2.05, 4.69) is 0 Å². The Morgan fingerprint density at radius 2 is 1.86 bits per heavy atom. The average Bonchev–Trinajstić information content (AvgIpc) is 3.05. The topological polar surface area (TPSA) is 45.6 Å². The molecule has 1 aromatic carbocycles. The van der Waals surface area contributed by atoms with Gasteiger partial charge in [0.05, 0.1) is 16.6 Å². The molecule has 0 unspecified atom stereocenters. The first-order valence-corrected chi connectivity index (χ1v) is 10.2. The number of halogens is 1. The Morgan fingerprint density at radius 1 is 1.14 bits per heavy atom. The first-order chi connectivity index (χ1) is 13.5. The summed E-state index contributed by atoms with van der Waals surface area (Å²) in [6.45, 7) is 6.50. The third-order valence-electron chi connectivity index (χ3n) is 5.31. The minimum absolute atomic E-state index is 0.108. The Labute approximate surface area is 166 Å². The molecule has 0 spiro atoms. The Morgan fingerprint density at radius 3 is 2.54 bits per heavy atom. The molecule has 28 heavy (non-hydrogen) atoms. The molecule has 0 bridgehead atoms. The van der Waals surface area contributed by atoms with Crippen LogP contribution in [-0.2, 0) is 6.54 Å². The fourth-order valence-corrected chi connectivity index (χ4v) is 4.83. The van der Waals surface area contributed by atoms with E-state index >= 15 is 0 Å². The highest BCUT2D eigenvalue weighted by atomic mass is 32.1. The van der Waals surface area contributed by atoms with Crippen LogP contribution in [0.25, 0.3) is 10.1 Å². The number of carbonyl (C=O) groups excluding carboxylic acids is 1. The van der Waals surface area contributed by atoms with Gasteiger partial charge < -0.3 is 14.4 Å². The lowest BCUT2D eigenvalue weighted by molar-refractivity contribution is 0.0748. The minimum Gasteiger partial charge on any atom is -0.366 e. The number of thiophene rings is 1. The largest absolute Gasteiger partial charge is 0.366 e. The van der Waals surface area contributed by atoms with Gasteiger partial charge in [-0.3, -0.25) is 9.59 Å². The number of pyridine rings is 1. The van der Waals surface area contributed by atoms with Crippen LogP contribution in [0.3, 0.4) is 0 Å². The number of hydrogen-bond acceptors (Lipinski definition) is 4. The number of para-hydroxylation sites is 1. The summed E-state index contributed by atoms with van der Waals surface area (Å²) in [6, 6.07) is 8.61. The lowest BCUT2D eigenvalue weighted by Crippen LogP contribution is -2.49. The van der Waals surface area contributed by atoms with Crippen LogP contribution in [0.4, 0.5) is 10.1 Å². The number of nitrogens with zero attached hydrogens (tertiary/aromatic N) is 3. The van der Waals surface area contributed by atoms with Gasteiger partial charge in [0.1, 0.15) is 5.82 Å². The van der Waals surface area contributed by atoms with Gasteiger partial charge in [0.15, 0.2) is 0 Å². The van der Waals surface area contributed by atoms with Crippen LogP contribution in [0.1, 0.15) is 22.2 Å². The van der Waals surface area contributed by atoms with Crippen LogP contribution < -0.4 is 10.5 Å². The van der Waals surface area contributed by atoms with Crippen molar-refractivity contribution in [1.82, 2.24) is 9.47 Å². The molecule has 4 rings (SSSR count). The predicted octanol–water partition coefficient (Wildman–Crippen LogP) is 3.49. The van der Waals surface area contributed by atoms with Crippen molar-refractivity contribution in [3.63, 3.8) is 0 Å². The SMILES string of the molecule is CCn1ccc2sc(C)c(C(=O)N3CCN(c4ccccc4F)CC3)c2c1=O. The van der Waals surface area contributed by atoms with E-state index < -0.39 is 0 Å². The maximum Gasteiger partial charge on any atom is 0.260 e. The van der Waals surface area contributed by atoms with Crippen molar-refractivity contribution in [3.8, 4) is 0 Å². The summed E-state index contributed by atoms with van der Waals surface area (Å²) in [6.07, 6.45) is 1.78. The Kier molecular flexibility index (Phi) is 4.93. The number of aromatic nitrogens is 1. The van der Waals surface area contributed by atoms with Gasteiger partial charge in [-0.1, -0.05) is 12.1 Å². The first kappa shape index (κ1) is 18.7. The Bertz CT molecular complexity index is 1100. The predicted molar refractivity (Wildman–Crippen MR) is 111 cm³/mol. The molecule has 2 aromatic heterocycles. The Hall–Kier alpha value is -2.67. The number of piperazine rings is 1. The number of carbonyl (C=O) groups is 1. The molecule has 0 N–H and O–H groups in total. The summed E-state index contributed by atoms with van der Waals surface area (Å²) in [7, 11) is 0. The number of hydrogen-bond donors (Lipinski definition) is 0. The van der Waals surface area contributed by atoms with E-state index in [0.717, 1.165) is 9.58 Å². The minimum atomic E-state index is -0.248. The number of amides is 1. The van der Waals surface area contributed by atoms with Crippen LogP contribution in [0.15, 0.2) is 41.3 Å².